The minimum Gasteiger partial charge on any atom is -0.494 e. The summed E-state index contributed by atoms with van der Waals surface area (Å²) in [6, 6.07) is 16.2. The Hall–Kier alpha value is -3.41. The van der Waals surface area contributed by atoms with Gasteiger partial charge in [0.2, 0.25) is 5.91 Å². The third kappa shape index (κ3) is 4.05. The summed E-state index contributed by atoms with van der Waals surface area (Å²) in [5.74, 6) is 0.793. The number of carbonyl (C=O) groups excluding carboxylic acids is 1. The van der Waals surface area contributed by atoms with Gasteiger partial charge in [0.15, 0.2) is 0 Å². The number of hydrogen-bond acceptors (Lipinski definition) is 4. The lowest BCUT2D eigenvalue weighted by molar-refractivity contribution is -0.122. The van der Waals surface area contributed by atoms with Crippen molar-refractivity contribution in [1.29, 1.82) is 0 Å². The van der Waals surface area contributed by atoms with Crippen LogP contribution in [0.2, 0.25) is 0 Å². The molecule has 0 unspecified atom stereocenters. The SMILES string of the molecule is CCOc1ccc2ncc3c(-c4ccccc4)nn(CC(=O)NC4CCCCC4)c3c2c1. The lowest BCUT2D eigenvalue weighted by Crippen LogP contribution is -2.38. The van der Waals surface area contributed by atoms with Gasteiger partial charge in [-0.2, -0.15) is 5.10 Å². The molecule has 6 heteroatoms. The highest BCUT2D eigenvalue weighted by Crippen LogP contribution is 2.33. The van der Waals surface area contributed by atoms with Crippen molar-refractivity contribution in [2.45, 2.75) is 51.6 Å². The highest BCUT2D eigenvalue weighted by Gasteiger charge is 2.20. The van der Waals surface area contributed by atoms with Crippen LogP contribution in [-0.4, -0.2) is 33.3 Å². The summed E-state index contributed by atoms with van der Waals surface area (Å²) in [5, 5.41) is 9.99. The van der Waals surface area contributed by atoms with Crippen molar-refractivity contribution in [1.82, 2.24) is 20.1 Å². The zero-order valence-electron chi connectivity index (χ0n) is 18.4. The summed E-state index contributed by atoms with van der Waals surface area (Å²) >= 11 is 0. The van der Waals surface area contributed by atoms with E-state index in [0.29, 0.717) is 6.61 Å². The van der Waals surface area contributed by atoms with Gasteiger partial charge in [-0.05, 0) is 38.0 Å². The summed E-state index contributed by atoms with van der Waals surface area (Å²) < 4.78 is 7.57. The number of hydrogen-bond donors (Lipinski definition) is 1. The van der Waals surface area contributed by atoms with E-state index in [-0.39, 0.29) is 18.5 Å². The van der Waals surface area contributed by atoms with E-state index >= 15 is 0 Å². The van der Waals surface area contributed by atoms with Crippen LogP contribution in [-0.2, 0) is 11.3 Å². The van der Waals surface area contributed by atoms with Crippen molar-refractivity contribution >= 4 is 27.7 Å². The Morgan fingerprint density at radius 3 is 2.69 bits per heavy atom. The fourth-order valence-corrected chi connectivity index (χ4v) is 4.67. The number of fused-ring (bicyclic) bond motifs is 3. The number of carbonyl (C=O) groups is 1. The van der Waals surface area contributed by atoms with Gasteiger partial charge in [0.1, 0.15) is 18.0 Å². The Labute approximate surface area is 187 Å². The Bertz CT molecular complexity index is 1240. The Morgan fingerprint density at radius 1 is 1.09 bits per heavy atom. The summed E-state index contributed by atoms with van der Waals surface area (Å²) in [6.07, 6.45) is 7.62. The first-order valence-corrected chi connectivity index (χ1v) is 11.5. The van der Waals surface area contributed by atoms with Gasteiger partial charge in [-0.25, -0.2) is 0 Å². The predicted octanol–water partition coefficient (Wildman–Crippen LogP) is 5.10. The van der Waals surface area contributed by atoms with Crippen molar-refractivity contribution in [3.05, 3.63) is 54.7 Å². The second kappa shape index (κ2) is 8.99. The molecule has 0 saturated heterocycles. The minimum atomic E-state index is 0.00633. The number of nitrogens with one attached hydrogen (secondary N) is 1. The largest absolute Gasteiger partial charge is 0.494 e. The molecule has 1 aliphatic rings. The van der Waals surface area contributed by atoms with Crippen LogP contribution >= 0.6 is 0 Å². The molecule has 0 spiro atoms. The zero-order valence-corrected chi connectivity index (χ0v) is 18.4. The van der Waals surface area contributed by atoms with Gasteiger partial charge in [-0.1, -0.05) is 49.6 Å². The molecule has 1 saturated carbocycles. The first kappa shape index (κ1) is 20.5. The van der Waals surface area contributed by atoms with Crippen molar-refractivity contribution < 1.29 is 9.53 Å². The predicted molar refractivity (Wildman–Crippen MR) is 127 cm³/mol. The summed E-state index contributed by atoms with van der Waals surface area (Å²) in [7, 11) is 0. The van der Waals surface area contributed by atoms with Crippen LogP contribution in [0.25, 0.3) is 33.1 Å². The van der Waals surface area contributed by atoms with Gasteiger partial charge in [-0.3, -0.25) is 14.5 Å². The molecule has 1 amide bonds. The minimum absolute atomic E-state index is 0.00633. The van der Waals surface area contributed by atoms with Gasteiger partial charge in [0, 0.05) is 28.6 Å². The average molecular weight is 429 g/mol. The molecule has 1 aliphatic carbocycles. The summed E-state index contributed by atoms with van der Waals surface area (Å²) in [4.78, 5) is 17.6. The number of benzene rings is 2. The third-order valence-electron chi connectivity index (χ3n) is 6.17. The van der Waals surface area contributed by atoms with Gasteiger partial charge in [0.25, 0.3) is 0 Å². The van der Waals surface area contributed by atoms with E-state index in [1.54, 1.807) is 0 Å². The normalized spacial score (nSPS) is 14.7. The quantitative estimate of drug-likeness (QED) is 0.464. The third-order valence-corrected chi connectivity index (χ3v) is 6.17. The van der Waals surface area contributed by atoms with Gasteiger partial charge in [0.05, 0.1) is 17.6 Å². The maximum Gasteiger partial charge on any atom is 0.241 e. The van der Waals surface area contributed by atoms with Crippen LogP contribution < -0.4 is 10.1 Å². The van der Waals surface area contributed by atoms with Gasteiger partial charge in [-0.15, -0.1) is 0 Å². The smallest absolute Gasteiger partial charge is 0.241 e. The van der Waals surface area contributed by atoms with E-state index in [9.17, 15) is 4.79 Å². The van der Waals surface area contributed by atoms with E-state index in [1.165, 1.54) is 19.3 Å². The molecule has 1 fully saturated rings. The van der Waals surface area contributed by atoms with Crippen LogP contribution in [0, 0.1) is 0 Å². The molecule has 0 bridgehead atoms. The van der Waals surface area contributed by atoms with Crippen molar-refractivity contribution in [2.75, 3.05) is 6.61 Å². The van der Waals surface area contributed by atoms with E-state index < -0.39 is 0 Å². The number of rotatable bonds is 6. The molecule has 2 heterocycles. The van der Waals surface area contributed by atoms with Crippen molar-refractivity contribution in [3.8, 4) is 17.0 Å². The fourth-order valence-electron chi connectivity index (χ4n) is 4.67. The number of ether oxygens (including phenoxy) is 1. The molecular weight excluding hydrogens is 400 g/mol. The standard InChI is InChI=1S/C26H28N4O2/c1-2-32-20-13-14-23-21(15-20)26-22(16-27-23)25(18-9-5-3-6-10-18)29-30(26)17-24(31)28-19-11-7-4-8-12-19/h3,5-6,9-10,13-16,19H,2,4,7-8,11-12,17H2,1H3,(H,28,31). The Balaban J connectivity index is 1.60. The van der Waals surface area contributed by atoms with Crippen LogP contribution in [0.4, 0.5) is 0 Å². The second-order valence-electron chi connectivity index (χ2n) is 8.41. The molecule has 0 aliphatic heterocycles. The van der Waals surface area contributed by atoms with Crippen molar-refractivity contribution in [2.24, 2.45) is 0 Å². The lowest BCUT2D eigenvalue weighted by Gasteiger charge is -2.22. The van der Waals surface area contributed by atoms with Crippen LogP contribution in [0.3, 0.4) is 0 Å². The average Bonchev–Trinajstić information content (AvgIpc) is 3.19. The zero-order chi connectivity index (χ0) is 21.9. The van der Waals surface area contributed by atoms with Crippen LogP contribution in [0.1, 0.15) is 39.0 Å². The molecule has 4 aromatic rings. The highest BCUT2D eigenvalue weighted by atomic mass is 16.5. The molecule has 2 aromatic heterocycles. The van der Waals surface area contributed by atoms with Gasteiger partial charge < -0.3 is 10.1 Å². The van der Waals surface area contributed by atoms with Crippen LogP contribution in [0.5, 0.6) is 5.75 Å². The molecule has 0 atom stereocenters. The number of aromatic nitrogens is 3. The Morgan fingerprint density at radius 2 is 1.91 bits per heavy atom. The maximum atomic E-state index is 13.0. The topological polar surface area (TPSA) is 69.0 Å². The van der Waals surface area contributed by atoms with Gasteiger partial charge >= 0.3 is 0 Å². The number of nitrogens with zero attached hydrogens (tertiary/aromatic N) is 3. The maximum absolute atomic E-state index is 13.0. The first-order valence-electron chi connectivity index (χ1n) is 11.5. The molecule has 2 aromatic carbocycles. The molecule has 5 rings (SSSR count). The molecule has 164 valence electrons. The highest BCUT2D eigenvalue weighted by molar-refractivity contribution is 6.08. The van der Waals surface area contributed by atoms with E-state index in [1.807, 2.05) is 66.3 Å². The summed E-state index contributed by atoms with van der Waals surface area (Å²) in [5.41, 5.74) is 3.61. The fraction of sp³-hybridized carbons (Fsp3) is 0.346. The molecule has 1 N–H and O–H groups in total. The van der Waals surface area contributed by atoms with Crippen LogP contribution in [0.15, 0.2) is 54.7 Å². The Kier molecular flexibility index (Phi) is 5.75. The summed E-state index contributed by atoms with van der Waals surface area (Å²) in [6.45, 7) is 2.74. The molecule has 32 heavy (non-hydrogen) atoms. The second-order valence-corrected chi connectivity index (χ2v) is 8.41. The van der Waals surface area contributed by atoms with Crippen molar-refractivity contribution in [3.63, 3.8) is 0 Å². The molecule has 6 nitrogen and oxygen atoms in total. The molecular formula is C26H28N4O2. The lowest BCUT2D eigenvalue weighted by atomic mass is 9.95. The number of amides is 1. The van der Waals surface area contributed by atoms with E-state index in [4.69, 9.17) is 9.84 Å². The molecule has 0 radical (unpaired) electrons. The van der Waals surface area contributed by atoms with E-state index in [2.05, 4.69) is 10.3 Å². The monoisotopic (exact) mass is 428 g/mol. The van der Waals surface area contributed by atoms with E-state index in [0.717, 1.165) is 51.7 Å². The number of pyridine rings is 1. The first-order chi connectivity index (χ1) is 15.7.